The second-order valence-corrected chi connectivity index (χ2v) is 9.61. The van der Waals surface area contributed by atoms with E-state index in [9.17, 15) is 15.2 Å². The van der Waals surface area contributed by atoms with Gasteiger partial charge in [0.25, 0.3) is 0 Å². The molecule has 6 heteroatoms. The molecule has 0 aliphatic heterocycles. The number of β-amino-alcohol motifs (C(OH)–C–C–N with tert-alkyl or cyclic N) is 1. The van der Waals surface area contributed by atoms with E-state index < -0.39 is 6.10 Å². The third-order valence-electron chi connectivity index (χ3n) is 6.15. The van der Waals surface area contributed by atoms with Gasteiger partial charge in [0, 0.05) is 18.5 Å². The number of nitriles is 1. The molecule has 1 aliphatic carbocycles. The van der Waals surface area contributed by atoms with Gasteiger partial charge in [-0.05, 0) is 87.3 Å². The molecule has 0 spiro atoms. The number of aliphatic hydroxyl groups is 1. The zero-order chi connectivity index (χ0) is 24.6. The summed E-state index contributed by atoms with van der Waals surface area (Å²) in [5.41, 5.74) is 5.35. The fourth-order valence-electron chi connectivity index (χ4n) is 4.36. The van der Waals surface area contributed by atoms with Gasteiger partial charge in [0.05, 0.1) is 12.2 Å². The molecule has 34 heavy (non-hydrogen) atoms. The van der Waals surface area contributed by atoms with E-state index in [1.807, 2.05) is 6.07 Å². The fraction of sp³-hybridized carbons (Fsp3) is 0.500. The highest BCUT2D eigenvalue weighted by molar-refractivity contribution is 5.69. The summed E-state index contributed by atoms with van der Waals surface area (Å²) in [6.07, 6.45) is 4.51. The summed E-state index contributed by atoms with van der Waals surface area (Å²) in [7, 11) is 0. The van der Waals surface area contributed by atoms with Gasteiger partial charge in [0.2, 0.25) is 0 Å². The predicted molar refractivity (Wildman–Crippen MR) is 132 cm³/mol. The predicted octanol–water partition coefficient (Wildman–Crippen LogP) is 3.89. The molecule has 0 unspecified atom stereocenters. The molecule has 2 aromatic rings. The number of hydrogen-bond donors (Lipinski definition) is 2. The van der Waals surface area contributed by atoms with Crippen molar-refractivity contribution >= 4 is 5.97 Å². The van der Waals surface area contributed by atoms with Crippen LogP contribution in [0.15, 0.2) is 36.4 Å². The van der Waals surface area contributed by atoms with Crippen molar-refractivity contribution in [2.45, 2.75) is 70.9 Å². The maximum Gasteiger partial charge on any atom is 0.306 e. The highest BCUT2D eigenvalue weighted by Crippen LogP contribution is 2.25. The molecule has 182 valence electrons. The monoisotopic (exact) mass is 464 g/mol. The molecule has 0 bridgehead atoms. The lowest BCUT2D eigenvalue weighted by atomic mass is 9.93. The smallest absolute Gasteiger partial charge is 0.306 e. The molecule has 0 heterocycles. The van der Waals surface area contributed by atoms with Gasteiger partial charge in [0.1, 0.15) is 24.5 Å². The summed E-state index contributed by atoms with van der Waals surface area (Å²) in [5.74, 6) is 0.165. The Kier molecular flexibility index (Phi) is 9.09. The first-order valence-corrected chi connectivity index (χ1v) is 12.1. The molecule has 2 N–H and O–H groups in total. The summed E-state index contributed by atoms with van der Waals surface area (Å²) in [6.45, 7) is 6.85. The van der Waals surface area contributed by atoms with Crippen LogP contribution >= 0.6 is 0 Å². The standard InChI is InChI=1S/C28H36N2O4/c1-4-33-27(32)13-10-20-8-12-24(17-29)26(15-20)34-19-25(31)18-30-28(2,3)16-21-9-11-22-6-5-7-23(22)14-21/h8-9,11-12,14-15,25,30-31H,4-7,10,13,16,18-19H2,1-3H3/t25-/m0/s1. The van der Waals surface area contributed by atoms with E-state index in [-0.39, 0.29) is 24.5 Å². The summed E-state index contributed by atoms with van der Waals surface area (Å²) in [4.78, 5) is 11.6. The Bertz CT molecular complexity index is 1030. The number of aryl methyl sites for hydroxylation is 3. The van der Waals surface area contributed by atoms with Crippen LogP contribution in [0, 0.1) is 11.3 Å². The van der Waals surface area contributed by atoms with E-state index in [1.165, 1.54) is 36.0 Å². The second kappa shape index (κ2) is 12.0. The van der Waals surface area contributed by atoms with Crippen LogP contribution in [0.25, 0.3) is 0 Å². The number of carbonyl (C=O) groups excluding carboxylic acids is 1. The Morgan fingerprint density at radius 3 is 2.71 bits per heavy atom. The van der Waals surface area contributed by atoms with Gasteiger partial charge < -0.3 is 19.9 Å². The lowest BCUT2D eigenvalue weighted by molar-refractivity contribution is -0.143. The van der Waals surface area contributed by atoms with Gasteiger partial charge in [-0.25, -0.2) is 0 Å². The fourth-order valence-corrected chi connectivity index (χ4v) is 4.36. The van der Waals surface area contributed by atoms with Gasteiger partial charge >= 0.3 is 5.97 Å². The van der Waals surface area contributed by atoms with E-state index in [4.69, 9.17) is 9.47 Å². The molecule has 6 nitrogen and oxygen atoms in total. The topological polar surface area (TPSA) is 91.6 Å². The number of nitrogens with zero attached hydrogens (tertiary/aromatic N) is 1. The Hall–Kier alpha value is -2.88. The SMILES string of the molecule is CCOC(=O)CCc1ccc(C#N)c(OC[C@@H](O)CNC(C)(C)Cc2ccc3c(c2)CCC3)c1. The number of nitrogens with one attached hydrogen (secondary N) is 1. The molecular formula is C28H36N2O4. The van der Waals surface area contributed by atoms with Crippen molar-refractivity contribution in [1.82, 2.24) is 5.32 Å². The maximum atomic E-state index is 11.6. The van der Waals surface area contributed by atoms with Crippen LogP contribution in [0.2, 0.25) is 0 Å². The normalized spacial score (nSPS) is 13.7. The summed E-state index contributed by atoms with van der Waals surface area (Å²) in [5, 5.41) is 23.3. The summed E-state index contributed by atoms with van der Waals surface area (Å²) in [6, 6.07) is 14.2. The van der Waals surface area contributed by atoms with Gasteiger partial charge in [-0.1, -0.05) is 24.3 Å². The van der Waals surface area contributed by atoms with Crippen LogP contribution in [0.1, 0.15) is 61.4 Å². The summed E-state index contributed by atoms with van der Waals surface area (Å²) >= 11 is 0. The van der Waals surface area contributed by atoms with Crippen LogP contribution in [-0.4, -0.2) is 42.5 Å². The van der Waals surface area contributed by atoms with Gasteiger partial charge in [-0.15, -0.1) is 0 Å². The van der Waals surface area contributed by atoms with E-state index in [1.54, 1.807) is 19.1 Å². The molecule has 0 radical (unpaired) electrons. The van der Waals surface area contributed by atoms with Crippen LogP contribution in [0.3, 0.4) is 0 Å². The zero-order valence-electron chi connectivity index (χ0n) is 20.5. The van der Waals surface area contributed by atoms with Crippen molar-refractivity contribution in [3.05, 3.63) is 64.2 Å². The molecule has 0 amide bonds. The average molecular weight is 465 g/mol. The Labute approximate surface area is 202 Å². The highest BCUT2D eigenvalue weighted by Gasteiger charge is 2.21. The van der Waals surface area contributed by atoms with Crippen molar-refractivity contribution in [3.63, 3.8) is 0 Å². The quantitative estimate of drug-likeness (QED) is 0.463. The van der Waals surface area contributed by atoms with Crippen molar-refractivity contribution in [1.29, 1.82) is 5.26 Å². The third kappa shape index (κ3) is 7.58. The van der Waals surface area contributed by atoms with E-state index >= 15 is 0 Å². The first kappa shape index (κ1) is 25.7. The Balaban J connectivity index is 1.49. The molecule has 0 fully saturated rings. The van der Waals surface area contributed by atoms with Crippen LogP contribution < -0.4 is 10.1 Å². The Morgan fingerprint density at radius 1 is 1.18 bits per heavy atom. The molecule has 0 saturated heterocycles. The van der Waals surface area contributed by atoms with Gasteiger partial charge in [-0.3, -0.25) is 4.79 Å². The minimum Gasteiger partial charge on any atom is -0.489 e. The number of ether oxygens (including phenoxy) is 2. The number of fused-ring (bicyclic) bond motifs is 1. The summed E-state index contributed by atoms with van der Waals surface area (Å²) < 4.78 is 10.8. The van der Waals surface area contributed by atoms with Crippen molar-refractivity contribution in [3.8, 4) is 11.8 Å². The molecule has 2 aromatic carbocycles. The van der Waals surface area contributed by atoms with Crippen LogP contribution in [-0.2, 0) is 35.2 Å². The molecule has 3 rings (SSSR count). The minimum absolute atomic E-state index is 0.0674. The number of aliphatic hydroxyl groups excluding tert-OH is 1. The highest BCUT2D eigenvalue weighted by atomic mass is 16.5. The van der Waals surface area contributed by atoms with Crippen LogP contribution in [0.5, 0.6) is 5.75 Å². The van der Waals surface area contributed by atoms with Gasteiger partial charge in [-0.2, -0.15) is 5.26 Å². The number of rotatable bonds is 12. The van der Waals surface area contributed by atoms with Crippen molar-refractivity contribution < 1.29 is 19.4 Å². The maximum absolute atomic E-state index is 11.6. The Morgan fingerprint density at radius 2 is 1.94 bits per heavy atom. The lowest BCUT2D eigenvalue weighted by Gasteiger charge is -2.28. The number of hydrogen-bond acceptors (Lipinski definition) is 6. The molecule has 0 aromatic heterocycles. The van der Waals surface area contributed by atoms with Crippen molar-refractivity contribution in [2.24, 2.45) is 0 Å². The second-order valence-electron chi connectivity index (χ2n) is 9.61. The van der Waals surface area contributed by atoms with Crippen LogP contribution in [0.4, 0.5) is 0 Å². The molecular weight excluding hydrogens is 428 g/mol. The zero-order valence-corrected chi connectivity index (χ0v) is 20.5. The number of carbonyl (C=O) groups is 1. The first-order chi connectivity index (χ1) is 16.3. The largest absolute Gasteiger partial charge is 0.489 e. The van der Waals surface area contributed by atoms with E-state index in [0.29, 0.717) is 30.9 Å². The first-order valence-electron chi connectivity index (χ1n) is 12.1. The molecule has 1 atom stereocenters. The molecule has 1 aliphatic rings. The number of esters is 1. The van der Waals surface area contributed by atoms with Gasteiger partial charge in [0.15, 0.2) is 0 Å². The van der Waals surface area contributed by atoms with E-state index in [2.05, 4.69) is 43.4 Å². The lowest BCUT2D eigenvalue weighted by Crippen LogP contribution is -2.46. The number of benzene rings is 2. The van der Waals surface area contributed by atoms with Crippen molar-refractivity contribution in [2.75, 3.05) is 19.8 Å². The minimum atomic E-state index is -0.728. The average Bonchev–Trinajstić information content (AvgIpc) is 3.28. The van der Waals surface area contributed by atoms with E-state index in [0.717, 1.165) is 12.0 Å². The molecule has 0 saturated carbocycles. The third-order valence-corrected chi connectivity index (χ3v) is 6.15.